The van der Waals surface area contributed by atoms with Crippen LogP contribution < -0.4 is 10.6 Å². The number of benzene rings is 8. The molecule has 56 heavy (non-hydrogen) atoms. The normalized spacial score (nSPS) is 13.5. The quantitative estimate of drug-likeness (QED) is 0.164. The minimum absolute atomic E-state index is 0.481. The second-order valence-electron chi connectivity index (χ2n) is 14.8. The molecule has 268 valence electrons. The Morgan fingerprint density at radius 1 is 0.500 bits per heavy atom. The summed E-state index contributed by atoms with van der Waals surface area (Å²) in [5.74, 6) is 0.481. The highest BCUT2D eigenvalue weighted by atomic mass is 15.0. The lowest BCUT2D eigenvalue weighted by Gasteiger charge is -2.19. The molecule has 1 unspecified atom stereocenters. The van der Waals surface area contributed by atoms with Crippen LogP contribution in [-0.2, 0) is 6.42 Å². The molecule has 3 nitrogen and oxygen atoms in total. The molecule has 1 aromatic heterocycles. The Bertz CT molecular complexity index is 2890. The van der Waals surface area contributed by atoms with Gasteiger partial charge in [-0.2, -0.15) is 0 Å². The van der Waals surface area contributed by atoms with Gasteiger partial charge in [-0.1, -0.05) is 146 Å². The van der Waals surface area contributed by atoms with Crippen LogP contribution in [-0.4, -0.2) is 4.57 Å². The van der Waals surface area contributed by atoms with Gasteiger partial charge in [0, 0.05) is 45.0 Å². The van der Waals surface area contributed by atoms with E-state index in [9.17, 15) is 0 Å². The lowest BCUT2D eigenvalue weighted by Crippen LogP contribution is -2.05. The summed E-state index contributed by atoms with van der Waals surface area (Å²) >= 11 is 0. The van der Waals surface area contributed by atoms with E-state index in [2.05, 4.69) is 222 Å². The highest BCUT2D eigenvalue weighted by Gasteiger charge is 2.25. The van der Waals surface area contributed by atoms with Gasteiger partial charge in [-0.3, -0.25) is 0 Å². The second-order valence-corrected chi connectivity index (χ2v) is 14.8. The Balaban J connectivity index is 1.12. The number of aromatic nitrogens is 1. The maximum absolute atomic E-state index is 3.92. The van der Waals surface area contributed by atoms with Gasteiger partial charge in [-0.25, -0.2) is 0 Å². The summed E-state index contributed by atoms with van der Waals surface area (Å²) in [5.41, 5.74) is 16.3. The maximum atomic E-state index is 3.92. The zero-order valence-electron chi connectivity index (χ0n) is 31.3. The zero-order chi connectivity index (χ0) is 37.4. The molecule has 1 aliphatic rings. The van der Waals surface area contributed by atoms with Gasteiger partial charge in [0.2, 0.25) is 0 Å². The van der Waals surface area contributed by atoms with E-state index in [1.165, 1.54) is 38.5 Å². The van der Waals surface area contributed by atoms with Crippen molar-refractivity contribution in [1.82, 2.24) is 4.57 Å². The van der Waals surface area contributed by atoms with Crippen LogP contribution in [0.3, 0.4) is 0 Å². The first-order valence-corrected chi connectivity index (χ1v) is 19.5. The fourth-order valence-corrected chi connectivity index (χ4v) is 8.35. The molecule has 0 aliphatic heterocycles. The third kappa shape index (κ3) is 6.23. The predicted octanol–water partition coefficient (Wildman–Crippen LogP) is 14.5. The van der Waals surface area contributed by atoms with Crippen LogP contribution in [0.15, 0.2) is 194 Å². The molecular weight excluding hydrogens is 679 g/mol. The summed E-state index contributed by atoms with van der Waals surface area (Å²) in [6.07, 6.45) is 5.69. The number of allylic oxidation sites excluding steroid dienone is 1. The summed E-state index contributed by atoms with van der Waals surface area (Å²) in [7, 11) is 0. The summed E-state index contributed by atoms with van der Waals surface area (Å²) in [6.45, 7) is 2.31. The molecular formula is C53H41N3. The van der Waals surface area contributed by atoms with E-state index in [4.69, 9.17) is 0 Å². The van der Waals surface area contributed by atoms with Crippen LogP contribution in [0.5, 0.6) is 0 Å². The molecule has 0 saturated heterocycles. The molecule has 2 N–H and O–H groups in total. The minimum atomic E-state index is 0.481. The second kappa shape index (κ2) is 14.3. The third-order valence-electron chi connectivity index (χ3n) is 11.1. The molecule has 3 heteroatoms. The van der Waals surface area contributed by atoms with Crippen LogP contribution >= 0.6 is 0 Å². The summed E-state index contributed by atoms with van der Waals surface area (Å²) < 4.78 is 2.46. The molecule has 0 fully saturated rings. The van der Waals surface area contributed by atoms with E-state index in [0.29, 0.717) is 5.92 Å². The summed E-state index contributed by atoms with van der Waals surface area (Å²) in [5, 5.41) is 11.4. The average molecular weight is 720 g/mol. The van der Waals surface area contributed by atoms with Crippen molar-refractivity contribution in [3.8, 4) is 39.1 Å². The van der Waals surface area contributed by atoms with Gasteiger partial charge in [-0.05, 0) is 112 Å². The average Bonchev–Trinajstić information content (AvgIpc) is 3.59. The van der Waals surface area contributed by atoms with E-state index in [1.807, 2.05) is 0 Å². The van der Waals surface area contributed by atoms with Crippen LogP contribution in [0.25, 0.3) is 66.8 Å². The summed E-state index contributed by atoms with van der Waals surface area (Å²) in [4.78, 5) is 0. The van der Waals surface area contributed by atoms with E-state index < -0.39 is 0 Å². The molecule has 1 atom stereocenters. The standard InChI is InChI=1S/C53H41N3/c1-36-24-31-51-49(32-36)47-29-28-46(52(55-43-20-7-3-8-21-43)53(47)56(51)45-22-9-4-10-23-45)42-19-13-18-39(33-42)41-26-30-50(48(35-41)38-15-5-2-6-16-38)54-44-27-25-37-14-11-12-17-40(37)34-44/h2-31,33-36,54-55H,32H2,1H3. The molecule has 0 bridgehead atoms. The lowest BCUT2D eigenvalue weighted by molar-refractivity contribution is 0.718. The van der Waals surface area contributed by atoms with Crippen molar-refractivity contribution >= 4 is 50.5 Å². The molecule has 10 rings (SSSR count). The SMILES string of the molecule is CC1C=Cc2c(c3ccc(-c4cccc(-c5ccc(Nc6ccc7ccccc7c6)c(-c6ccccc6)c5)c4)c(Nc4ccccc4)c3n2-c2ccccc2)C1. The van der Waals surface area contributed by atoms with Gasteiger partial charge in [0.1, 0.15) is 0 Å². The largest absolute Gasteiger partial charge is 0.355 e. The molecule has 0 amide bonds. The Kier molecular flexibility index (Phi) is 8.53. The molecule has 0 saturated carbocycles. The van der Waals surface area contributed by atoms with Crippen molar-refractivity contribution in [2.75, 3.05) is 10.6 Å². The van der Waals surface area contributed by atoms with Crippen LogP contribution in [0, 0.1) is 5.92 Å². The highest BCUT2D eigenvalue weighted by molar-refractivity contribution is 6.06. The number of hydrogen-bond acceptors (Lipinski definition) is 2. The molecule has 0 radical (unpaired) electrons. The number of nitrogens with one attached hydrogen (secondary N) is 2. The fourth-order valence-electron chi connectivity index (χ4n) is 8.35. The molecule has 1 aliphatic carbocycles. The van der Waals surface area contributed by atoms with Gasteiger partial charge in [-0.15, -0.1) is 0 Å². The van der Waals surface area contributed by atoms with E-state index >= 15 is 0 Å². The Hall–Kier alpha value is -7.10. The topological polar surface area (TPSA) is 29.0 Å². The number of para-hydroxylation sites is 2. The number of hydrogen-bond donors (Lipinski definition) is 2. The first-order chi connectivity index (χ1) is 27.7. The zero-order valence-corrected chi connectivity index (χ0v) is 31.3. The number of anilines is 4. The Morgan fingerprint density at radius 2 is 1.20 bits per heavy atom. The van der Waals surface area contributed by atoms with Crippen molar-refractivity contribution in [3.63, 3.8) is 0 Å². The molecule has 0 spiro atoms. The first-order valence-electron chi connectivity index (χ1n) is 19.5. The van der Waals surface area contributed by atoms with Crippen molar-refractivity contribution < 1.29 is 0 Å². The van der Waals surface area contributed by atoms with Crippen molar-refractivity contribution in [2.45, 2.75) is 13.3 Å². The van der Waals surface area contributed by atoms with E-state index in [-0.39, 0.29) is 0 Å². The van der Waals surface area contributed by atoms with Crippen LogP contribution in [0.1, 0.15) is 18.2 Å². The van der Waals surface area contributed by atoms with Crippen LogP contribution in [0.4, 0.5) is 22.7 Å². The smallest absolute Gasteiger partial charge is 0.0779 e. The molecule has 9 aromatic rings. The number of fused-ring (bicyclic) bond motifs is 4. The fraction of sp³-hybridized carbons (Fsp3) is 0.0566. The molecule has 8 aromatic carbocycles. The molecule has 1 heterocycles. The van der Waals surface area contributed by atoms with Crippen molar-refractivity contribution in [3.05, 3.63) is 205 Å². The van der Waals surface area contributed by atoms with Gasteiger partial charge >= 0.3 is 0 Å². The lowest BCUT2D eigenvalue weighted by atomic mass is 9.91. The van der Waals surface area contributed by atoms with Gasteiger partial charge < -0.3 is 15.2 Å². The Labute approximate surface area is 328 Å². The maximum Gasteiger partial charge on any atom is 0.0779 e. The minimum Gasteiger partial charge on any atom is -0.355 e. The van der Waals surface area contributed by atoms with E-state index in [1.54, 1.807) is 0 Å². The highest BCUT2D eigenvalue weighted by Crippen LogP contribution is 2.45. The third-order valence-corrected chi connectivity index (χ3v) is 11.1. The summed E-state index contributed by atoms with van der Waals surface area (Å²) in [6, 6.07) is 67.5. The van der Waals surface area contributed by atoms with Crippen LogP contribution in [0.2, 0.25) is 0 Å². The van der Waals surface area contributed by atoms with Crippen molar-refractivity contribution in [1.29, 1.82) is 0 Å². The monoisotopic (exact) mass is 719 g/mol. The van der Waals surface area contributed by atoms with Gasteiger partial charge in [0.05, 0.1) is 11.2 Å². The Morgan fingerprint density at radius 3 is 2.02 bits per heavy atom. The van der Waals surface area contributed by atoms with E-state index in [0.717, 1.165) is 62.7 Å². The van der Waals surface area contributed by atoms with Crippen molar-refractivity contribution in [2.24, 2.45) is 5.92 Å². The van der Waals surface area contributed by atoms with Gasteiger partial charge in [0.15, 0.2) is 0 Å². The van der Waals surface area contributed by atoms with Gasteiger partial charge in [0.25, 0.3) is 0 Å². The number of nitrogens with zero attached hydrogens (tertiary/aromatic N) is 1. The first kappa shape index (κ1) is 33.5. The predicted molar refractivity (Wildman–Crippen MR) is 238 cm³/mol. The number of rotatable bonds is 8.